The van der Waals surface area contributed by atoms with Crippen molar-refractivity contribution in [2.75, 3.05) is 6.61 Å². The highest BCUT2D eigenvalue weighted by Crippen LogP contribution is 2.45. The Morgan fingerprint density at radius 2 is 1.58 bits per heavy atom. The third-order valence-electron chi connectivity index (χ3n) is 4.78. The molecule has 2 rings (SSSR count). The number of nitrogens with zero attached hydrogens (tertiary/aromatic N) is 1. The third-order valence-corrected chi connectivity index (χ3v) is 5.27. The van der Waals surface area contributed by atoms with Gasteiger partial charge in [0.15, 0.2) is 0 Å². The summed E-state index contributed by atoms with van der Waals surface area (Å²) in [6, 6.07) is 2.79. The van der Waals surface area contributed by atoms with Crippen molar-refractivity contribution in [2.24, 2.45) is 10.7 Å². The summed E-state index contributed by atoms with van der Waals surface area (Å²) in [6.07, 6.45) is -7.13. The molecule has 13 heteroatoms. The zero-order valence-electron chi connectivity index (χ0n) is 20.9. The fourth-order valence-electron chi connectivity index (χ4n) is 3.56. The highest BCUT2D eigenvalue weighted by atomic mass is 79.9. The van der Waals surface area contributed by atoms with E-state index < -0.39 is 65.0 Å². The second-order valence-corrected chi connectivity index (χ2v) is 11.3. The van der Waals surface area contributed by atoms with E-state index in [1.54, 1.807) is 0 Å². The molecule has 1 aromatic carbocycles. The monoisotopic (exact) mass is 584 g/mol. The second kappa shape index (κ2) is 9.81. The van der Waals surface area contributed by atoms with Gasteiger partial charge in [-0.15, -0.1) is 0 Å². The molecule has 1 aromatic rings. The zero-order valence-corrected chi connectivity index (χ0v) is 22.5. The van der Waals surface area contributed by atoms with Crippen molar-refractivity contribution < 1.29 is 46.1 Å². The van der Waals surface area contributed by atoms with Gasteiger partial charge in [-0.3, -0.25) is 0 Å². The lowest BCUT2D eigenvalue weighted by Crippen LogP contribution is -2.70. The van der Waals surface area contributed by atoms with Crippen molar-refractivity contribution in [3.63, 3.8) is 0 Å². The molecule has 1 heterocycles. The summed E-state index contributed by atoms with van der Waals surface area (Å²) in [5, 5.41) is 0. The lowest BCUT2D eigenvalue weighted by Gasteiger charge is -2.47. The van der Waals surface area contributed by atoms with E-state index >= 15 is 4.39 Å². The van der Waals surface area contributed by atoms with Crippen LogP contribution in [-0.4, -0.2) is 53.7 Å². The normalized spacial score (nSPS) is 22.3. The Bertz CT molecular complexity index is 1020. The molecule has 1 aliphatic heterocycles. The van der Waals surface area contributed by atoms with E-state index in [-0.39, 0.29) is 5.56 Å². The van der Waals surface area contributed by atoms with E-state index in [9.17, 15) is 22.8 Å². The summed E-state index contributed by atoms with van der Waals surface area (Å²) in [6.45, 7) is 8.02. The Labute approximate surface area is 214 Å². The predicted molar refractivity (Wildman–Crippen MR) is 124 cm³/mol. The van der Waals surface area contributed by atoms with Crippen LogP contribution in [0.25, 0.3) is 0 Å². The number of rotatable bonds is 5. The molecule has 0 amide bonds. The summed E-state index contributed by atoms with van der Waals surface area (Å²) >= 11 is 3.18. The molecule has 0 spiro atoms. The number of benzene rings is 1. The number of ether oxygens (including phenoxy) is 4. The van der Waals surface area contributed by atoms with Crippen molar-refractivity contribution in [1.29, 1.82) is 0 Å². The lowest BCUT2D eigenvalue weighted by atomic mass is 9.76. The van der Waals surface area contributed by atoms with Crippen LogP contribution >= 0.6 is 15.9 Å². The molecule has 0 aliphatic carbocycles. The highest BCUT2D eigenvalue weighted by molar-refractivity contribution is 9.10. The maximum atomic E-state index is 15.1. The summed E-state index contributed by atoms with van der Waals surface area (Å²) in [7, 11) is 0. The molecule has 0 saturated heterocycles. The Morgan fingerprint density at radius 3 is 2.03 bits per heavy atom. The Morgan fingerprint density at radius 1 is 1.08 bits per heavy atom. The van der Waals surface area contributed by atoms with E-state index in [2.05, 4.69) is 20.9 Å². The van der Waals surface area contributed by atoms with Gasteiger partial charge in [0.1, 0.15) is 35.3 Å². The van der Waals surface area contributed by atoms with Crippen LogP contribution in [-0.2, 0) is 34.1 Å². The largest absolute Gasteiger partial charge is 0.456 e. The number of alkyl halides is 3. The number of aliphatic imine (C=N–C) groups is 1. The number of amidine groups is 1. The number of carbonyl (C=O) groups excluding carboxylic acids is 2. The van der Waals surface area contributed by atoms with E-state index in [0.29, 0.717) is 4.47 Å². The number of hydrogen-bond donors (Lipinski definition) is 1. The quantitative estimate of drug-likeness (QED) is 0.308. The molecule has 202 valence electrons. The molecule has 2 atom stereocenters. The van der Waals surface area contributed by atoms with Crippen molar-refractivity contribution in [2.45, 2.75) is 83.1 Å². The maximum absolute atomic E-state index is 15.1. The topological polar surface area (TPSA) is 109 Å². The van der Waals surface area contributed by atoms with Gasteiger partial charge in [-0.1, -0.05) is 15.9 Å². The molecule has 0 saturated carbocycles. The van der Waals surface area contributed by atoms with Crippen molar-refractivity contribution in [3.05, 3.63) is 34.1 Å². The number of halogens is 5. The molecule has 0 unspecified atom stereocenters. The van der Waals surface area contributed by atoms with Gasteiger partial charge in [-0.05, 0) is 66.7 Å². The van der Waals surface area contributed by atoms with Gasteiger partial charge in [0, 0.05) is 10.0 Å². The third kappa shape index (κ3) is 6.67. The first kappa shape index (κ1) is 29.8. The molecule has 1 aliphatic rings. The van der Waals surface area contributed by atoms with E-state index in [1.807, 2.05) is 0 Å². The molecule has 0 radical (unpaired) electrons. The molecule has 0 aromatic heterocycles. The lowest BCUT2D eigenvalue weighted by molar-refractivity contribution is -0.241. The number of nitrogens with two attached hydrogens (primary N) is 1. The minimum absolute atomic E-state index is 0.327. The van der Waals surface area contributed by atoms with Crippen LogP contribution in [0.5, 0.6) is 0 Å². The van der Waals surface area contributed by atoms with Gasteiger partial charge in [-0.25, -0.2) is 19.0 Å². The van der Waals surface area contributed by atoms with Gasteiger partial charge in [0.05, 0.1) is 0 Å². The fraction of sp³-hybridized carbons (Fsp3) is 0.609. The number of hydrogen-bond acceptors (Lipinski definition) is 8. The Balaban J connectivity index is 2.92. The molecular formula is C23H29BrF4N2O6. The van der Waals surface area contributed by atoms with Gasteiger partial charge >= 0.3 is 23.7 Å². The van der Waals surface area contributed by atoms with Gasteiger partial charge in [0.2, 0.25) is 0 Å². The smallest absolute Gasteiger partial charge is 0.411 e. The van der Waals surface area contributed by atoms with Gasteiger partial charge in [0.25, 0.3) is 6.02 Å². The summed E-state index contributed by atoms with van der Waals surface area (Å²) in [4.78, 5) is 31.2. The van der Waals surface area contributed by atoms with Crippen LogP contribution in [0.3, 0.4) is 0 Å². The van der Waals surface area contributed by atoms with Crippen molar-refractivity contribution in [1.82, 2.24) is 0 Å². The Hall–Kier alpha value is -2.41. The summed E-state index contributed by atoms with van der Waals surface area (Å²) in [5.41, 5.74) is -2.16. The van der Waals surface area contributed by atoms with Crippen LogP contribution < -0.4 is 5.73 Å². The molecule has 2 N–H and O–H groups in total. The standard InChI is InChI=1S/C23H29BrF4N2O6/c1-19(2,3)34-16(31)23(17(32)35-20(4,5)6)15(33-11-22(26,27)28)21(7,30-18(29)36-23)13-10-12(24)8-9-14(13)25/h8-10,15H,11H2,1-7H3,(H2,29,30)/t15-,21-/m1/s1. The second-order valence-electron chi connectivity index (χ2n) is 10.4. The van der Waals surface area contributed by atoms with E-state index in [0.717, 1.165) is 13.0 Å². The maximum Gasteiger partial charge on any atom is 0.411 e. The Kier molecular flexibility index (Phi) is 8.12. The number of esters is 2. The van der Waals surface area contributed by atoms with E-state index in [1.165, 1.54) is 53.7 Å². The zero-order chi connectivity index (χ0) is 27.9. The van der Waals surface area contributed by atoms with Crippen LogP contribution in [0.15, 0.2) is 27.7 Å². The SMILES string of the molecule is CC(C)(C)OC(=O)C1(C(=O)OC(C)(C)C)OC(N)=N[C@](C)(c2cc(Br)ccc2F)[C@H]1OCC(F)(F)F. The van der Waals surface area contributed by atoms with Crippen molar-refractivity contribution in [3.8, 4) is 0 Å². The highest BCUT2D eigenvalue weighted by Gasteiger charge is 2.69. The van der Waals surface area contributed by atoms with Crippen LogP contribution in [0.4, 0.5) is 17.6 Å². The fourth-order valence-corrected chi connectivity index (χ4v) is 3.92. The molecule has 0 bridgehead atoms. The molecule has 36 heavy (non-hydrogen) atoms. The van der Waals surface area contributed by atoms with Crippen molar-refractivity contribution >= 4 is 33.9 Å². The van der Waals surface area contributed by atoms with Gasteiger partial charge in [-0.2, -0.15) is 13.2 Å². The average Bonchev–Trinajstić information content (AvgIpc) is 2.64. The first-order chi connectivity index (χ1) is 16.1. The number of carbonyl (C=O) groups is 2. The average molecular weight is 585 g/mol. The van der Waals surface area contributed by atoms with Crippen LogP contribution in [0, 0.1) is 5.82 Å². The minimum Gasteiger partial charge on any atom is -0.456 e. The molecular weight excluding hydrogens is 556 g/mol. The predicted octanol–water partition coefficient (Wildman–Crippen LogP) is 4.52. The van der Waals surface area contributed by atoms with Crippen LogP contribution in [0.1, 0.15) is 54.0 Å². The van der Waals surface area contributed by atoms with Gasteiger partial charge < -0.3 is 24.7 Å². The molecule has 8 nitrogen and oxygen atoms in total. The van der Waals surface area contributed by atoms with E-state index in [4.69, 9.17) is 24.7 Å². The first-order valence-electron chi connectivity index (χ1n) is 10.8. The summed E-state index contributed by atoms with van der Waals surface area (Å²) < 4.78 is 76.7. The minimum atomic E-state index is -4.91. The van der Waals surface area contributed by atoms with Crippen LogP contribution in [0.2, 0.25) is 0 Å². The first-order valence-corrected chi connectivity index (χ1v) is 11.6. The molecule has 0 fully saturated rings. The summed E-state index contributed by atoms with van der Waals surface area (Å²) in [5.74, 6) is -3.81.